The summed E-state index contributed by atoms with van der Waals surface area (Å²) < 4.78 is 40.9. The van der Waals surface area contributed by atoms with Crippen molar-refractivity contribution < 1.29 is 23.0 Å². The van der Waals surface area contributed by atoms with Crippen molar-refractivity contribution in [3.63, 3.8) is 0 Å². The number of halogens is 3. The summed E-state index contributed by atoms with van der Waals surface area (Å²) in [5.74, 6) is 0. The van der Waals surface area contributed by atoms with Gasteiger partial charge in [-0.05, 0) is 36.8 Å². The topological polar surface area (TPSA) is 29.5 Å². The number of aliphatic hydroxyl groups excluding tert-OH is 1. The smallest absolute Gasteiger partial charge is 0.395 e. The van der Waals surface area contributed by atoms with Crippen LogP contribution in [0.1, 0.15) is 30.4 Å². The summed E-state index contributed by atoms with van der Waals surface area (Å²) in [6, 6.07) is 7.85. The van der Waals surface area contributed by atoms with Gasteiger partial charge >= 0.3 is 6.18 Å². The molecule has 0 spiro atoms. The van der Waals surface area contributed by atoms with Crippen molar-refractivity contribution in [2.75, 3.05) is 19.8 Å². The summed E-state index contributed by atoms with van der Waals surface area (Å²) in [5, 5.41) is 9.77. The Hall–Kier alpha value is -1.07. The number of hydrogen-bond acceptors (Lipinski definition) is 2. The van der Waals surface area contributed by atoms with E-state index in [2.05, 4.69) is 0 Å². The second-order valence-corrected chi connectivity index (χ2v) is 5.37. The Kier molecular flexibility index (Phi) is 4.70. The van der Waals surface area contributed by atoms with Crippen LogP contribution in [0.4, 0.5) is 13.2 Å². The molecule has 0 amide bonds. The summed E-state index contributed by atoms with van der Waals surface area (Å²) >= 11 is 0. The molecule has 1 aliphatic rings. The van der Waals surface area contributed by atoms with Gasteiger partial charge in [0, 0.05) is 12.0 Å². The van der Waals surface area contributed by atoms with E-state index in [4.69, 9.17) is 4.74 Å². The summed E-state index contributed by atoms with van der Waals surface area (Å²) in [6.07, 6.45) is -1.19. The van der Waals surface area contributed by atoms with Crippen LogP contribution in [0.3, 0.4) is 0 Å². The first-order valence-corrected chi connectivity index (χ1v) is 6.81. The predicted octanol–water partition coefficient (Wildman–Crippen LogP) is 3.22. The van der Waals surface area contributed by atoms with E-state index in [9.17, 15) is 18.3 Å². The van der Waals surface area contributed by atoms with Gasteiger partial charge in [0.1, 0.15) is 6.61 Å². The third-order valence-corrected chi connectivity index (χ3v) is 3.98. The molecule has 2 rings (SSSR count). The van der Waals surface area contributed by atoms with Gasteiger partial charge in [-0.25, -0.2) is 0 Å². The van der Waals surface area contributed by atoms with E-state index >= 15 is 0 Å². The van der Waals surface area contributed by atoms with Gasteiger partial charge in [0.15, 0.2) is 0 Å². The van der Waals surface area contributed by atoms with Crippen LogP contribution in [0.2, 0.25) is 0 Å². The number of fused-ring (bicyclic) bond motifs is 1. The second-order valence-electron chi connectivity index (χ2n) is 5.37. The first-order chi connectivity index (χ1) is 9.47. The maximum atomic E-state index is 12.1. The van der Waals surface area contributed by atoms with Crippen molar-refractivity contribution >= 4 is 0 Å². The van der Waals surface area contributed by atoms with Crippen molar-refractivity contribution in [3.05, 3.63) is 35.4 Å². The zero-order valence-electron chi connectivity index (χ0n) is 11.2. The largest absolute Gasteiger partial charge is 0.411 e. The zero-order valence-corrected chi connectivity index (χ0v) is 11.2. The molecule has 1 aromatic carbocycles. The van der Waals surface area contributed by atoms with Gasteiger partial charge in [0.2, 0.25) is 0 Å². The molecule has 1 atom stereocenters. The lowest BCUT2D eigenvalue weighted by molar-refractivity contribution is -0.175. The molecule has 5 heteroatoms. The summed E-state index contributed by atoms with van der Waals surface area (Å²) in [6.45, 7) is -1.27. The molecule has 0 heterocycles. The van der Waals surface area contributed by atoms with Crippen LogP contribution in [-0.4, -0.2) is 31.1 Å². The molecule has 1 N–H and O–H groups in total. The van der Waals surface area contributed by atoms with E-state index in [1.165, 1.54) is 5.56 Å². The van der Waals surface area contributed by atoms with Gasteiger partial charge in [-0.15, -0.1) is 0 Å². The first kappa shape index (κ1) is 15.3. The van der Waals surface area contributed by atoms with Crippen molar-refractivity contribution in [3.8, 4) is 0 Å². The highest BCUT2D eigenvalue weighted by molar-refractivity contribution is 5.37. The average Bonchev–Trinajstić information content (AvgIpc) is 2.43. The molecule has 1 aromatic rings. The van der Waals surface area contributed by atoms with E-state index in [1.54, 1.807) is 0 Å². The molecule has 2 nitrogen and oxygen atoms in total. The predicted molar refractivity (Wildman–Crippen MR) is 69.6 cm³/mol. The third-order valence-electron chi connectivity index (χ3n) is 3.98. The van der Waals surface area contributed by atoms with Gasteiger partial charge in [0.25, 0.3) is 0 Å². The maximum Gasteiger partial charge on any atom is 0.411 e. The first-order valence-electron chi connectivity index (χ1n) is 6.81. The lowest BCUT2D eigenvalue weighted by Crippen LogP contribution is -2.36. The molecule has 0 aliphatic heterocycles. The van der Waals surface area contributed by atoms with Gasteiger partial charge in [-0.2, -0.15) is 13.2 Å². The second kappa shape index (κ2) is 6.14. The normalized spacial score (nSPS) is 22.6. The Balaban J connectivity index is 2.04. The van der Waals surface area contributed by atoms with E-state index in [1.807, 2.05) is 24.3 Å². The third kappa shape index (κ3) is 3.52. The number of aliphatic hydroxyl groups is 1. The summed E-state index contributed by atoms with van der Waals surface area (Å²) in [7, 11) is 0. The standard InChI is InChI=1S/C15H19F3O2/c16-15(17,18)11-20-9-8-14(10-19)7-3-5-12-4-1-2-6-13(12)14/h1-2,4,6,19H,3,5,7-11H2. The molecule has 20 heavy (non-hydrogen) atoms. The van der Waals surface area contributed by atoms with E-state index < -0.39 is 18.2 Å². The Morgan fingerprint density at radius 2 is 2.00 bits per heavy atom. The molecule has 1 aliphatic carbocycles. The fraction of sp³-hybridized carbons (Fsp3) is 0.600. The minimum Gasteiger partial charge on any atom is -0.395 e. The highest BCUT2D eigenvalue weighted by Gasteiger charge is 2.36. The van der Waals surface area contributed by atoms with Gasteiger partial charge < -0.3 is 9.84 Å². The number of benzene rings is 1. The van der Waals surface area contributed by atoms with Crippen molar-refractivity contribution in [1.82, 2.24) is 0 Å². The lowest BCUT2D eigenvalue weighted by Gasteiger charge is -2.38. The molecule has 1 unspecified atom stereocenters. The van der Waals surface area contributed by atoms with Crippen LogP contribution in [-0.2, 0) is 16.6 Å². The molecule has 0 saturated heterocycles. The minimum atomic E-state index is -4.29. The van der Waals surface area contributed by atoms with Crippen molar-refractivity contribution in [2.45, 2.75) is 37.3 Å². The molecular formula is C15H19F3O2. The Morgan fingerprint density at radius 1 is 1.25 bits per heavy atom. The van der Waals surface area contributed by atoms with Gasteiger partial charge in [-0.1, -0.05) is 24.3 Å². The number of rotatable bonds is 5. The van der Waals surface area contributed by atoms with Crippen LogP contribution >= 0.6 is 0 Å². The minimum absolute atomic E-state index is 0.00834. The Bertz CT molecular complexity index is 445. The molecule has 0 radical (unpaired) electrons. The van der Waals surface area contributed by atoms with E-state index in [-0.39, 0.29) is 13.2 Å². The van der Waals surface area contributed by atoms with Crippen LogP contribution in [0.25, 0.3) is 0 Å². The average molecular weight is 288 g/mol. The highest BCUT2D eigenvalue weighted by Crippen LogP contribution is 2.39. The molecular weight excluding hydrogens is 269 g/mol. The number of aryl methyl sites for hydroxylation is 1. The molecule has 0 bridgehead atoms. The van der Waals surface area contributed by atoms with E-state index in [0.29, 0.717) is 6.42 Å². The monoisotopic (exact) mass is 288 g/mol. The van der Waals surface area contributed by atoms with Crippen LogP contribution in [0.5, 0.6) is 0 Å². The van der Waals surface area contributed by atoms with Crippen LogP contribution < -0.4 is 0 Å². The molecule has 0 saturated carbocycles. The summed E-state index contributed by atoms with van der Waals surface area (Å²) in [4.78, 5) is 0. The maximum absolute atomic E-state index is 12.1. The fourth-order valence-corrected chi connectivity index (χ4v) is 2.97. The van der Waals surface area contributed by atoms with Crippen molar-refractivity contribution in [2.24, 2.45) is 0 Å². The van der Waals surface area contributed by atoms with Crippen LogP contribution in [0.15, 0.2) is 24.3 Å². The molecule has 0 fully saturated rings. The fourth-order valence-electron chi connectivity index (χ4n) is 2.97. The molecule has 0 aromatic heterocycles. The number of hydrogen-bond donors (Lipinski definition) is 1. The highest BCUT2D eigenvalue weighted by atomic mass is 19.4. The molecule has 112 valence electrons. The van der Waals surface area contributed by atoms with Crippen LogP contribution in [0, 0.1) is 0 Å². The van der Waals surface area contributed by atoms with Gasteiger partial charge in [-0.3, -0.25) is 0 Å². The number of alkyl halides is 3. The zero-order chi connectivity index (χ0) is 14.6. The Labute approximate surface area is 116 Å². The van der Waals surface area contributed by atoms with E-state index in [0.717, 1.165) is 24.8 Å². The van der Waals surface area contributed by atoms with Crippen molar-refractivity contribution in [1.29, 1.82) is 0 Å². The summed E-state index contributed by atoms with van der Waals surface area (Å²) in [5.41, 5.74) is 1.79. The van der Waals surface area contributed by atoms with Gasteiger partial charge in [0.05, 0.1) is 6.61 Å². The lowest BCUT2D eigenvalue weighted by atomic mass is 9.68. The SMILES string of the molecule is OCC1(CCOCC(F)(F)F)CCCc2ccccc21. The Morgan fingerprint density at radius 3 is 2.70 bits per heavy atom. The number of ether oxygens (including phenoxy) is 1. The quantitative estimate of drug-likeness (QED) is 0.843.